The molecule has 0 spiro atoms. The topological polar surface area (TPSA) is 15.3 Å². The fourth-order valence-corrected chi connectivity index (χ4v) is 3.18. The summed E-state index contributed by atoms with van der Waals surface area (Å²) in [4.78, 5) is 2.74. The lowest BCUT2D eigenvalue weighted by molar-refractivity contribution is 0.145. The molecule has 2 fully saturated rings. The maximum absolute atomic E-state index is 3.54. The van der Waals surface area contributed by atoms with Gasteiger partial charge in [-0.25, -0.2) is 0 Å². The zero-order chi connectivity index (χ0) is 11.7. The van der Waals surface area contributed by atoms with Crippen molar-refractivity contribution >= 4 is 0 Å². The van der Waals surface area contributed by atoms with Gasteiger partial charge in [-0.05, 0) is 17.9 Å². The molecular weight excluding hydrogens is 208 g/mol. The van der Waals surface area contributed by atoms with E-state index in [0.29, 0.717) is 6.04 Å². The van der Waals surface area contributed by atoms with Crippen LogP contribution in [0.4, 0.5) is 0 Å². The zero-order valence-corrected chi connectivity index (χ0v) is 10.6. The van der Waals surface area contributed by atoms with E-state index in [4.69, 9.17) is 0 Å². The normalized spacial score (nSPS) is 33.6. The van der Waals surface area contributed by atoms with E-state index in [0.717, 1.165) is 25.0 Å². The largest absolute Gasteiger partial charge is 0.314 e. The molecule has 1 aliphatic carbocycles. The first-order valence-corrected chi connectivity index (χ1v) is 6.91. The van der Waals surface area contributed by atoms with Gasteiger partial charge in [0.05, 0.1) is 0 Å². The van der Waals surface area contributed by atoms with E-state index in [1.165, 1.54) is 24.9 Å². The summed E-state index contributed by atoms with van der Waals surface area (Å²) in [5.74, 6) is 0.958. The summed E-state index contributed by atoms with van der Waals surface area (Å²) in [6.07, 6.45) is 2.76. The second-order valence-electron chi connectivity index (χ2n) is 5.34. The third kappa shape index (κ3) is 2.24. The van der Waals surface area contributed by atoms with E-state index < -0.39 is 0 Å². The van der Waals surface area contributed by atoms with Gasteiger partial charge in [0, 0.05) is 31.7 Å². The van der Waals surface area contributed by atoms with Gasteiger partial charge in [0.1, 0.15) is 0 Å². The van der Waals surface area contributed by atoms with Crippen LogP contribution in [0.5, 0.6) is 0 Å². The van der Waals surface area contributed by atoms with Crippen molar-refractivity contribution in [1.82, 2.24) is 10.2 Å². The van der Waals surface area contributed by atoms with Crippen molar-refractivity contribution in [3.63, 3.8) is 0 Å². The van der Waals surface area contributed by atoms with Crippen LogP contribution in [-0.4, -0.2) is 30.6 Å². The van der Waals surface area contributed by atoms with Crippen LogP contribution in [-0.2, 0) is 0 Å². The van der Waals surface area contributed by atoms with E-state index in [1.807, 2.05) is 0 Å². The molecule has 2 heteroatoms. The Balaban J connectivity index is 1.77. The Labute approximate surface area is 104 Å². The van der Waals surface area contributed by atoms with Gasteiger partial charge in [0.15, 0.2) is 0 Å². The minimum absolute atomic E-state index is 0.589. The van der Waals surface area contributed by atoms with Crippen LogP contribution in [0.25, 0.3) is 0 Å². The van der Waals surface area contributed by atoms with Gasteiger partial charge in [0.2, 0.25) is 0 Å². The Morgan fingerprint density at radius 1 is 1.29 bits per heavy atom. The highest BCUT2D eigenvalue weighted by Crippen LogP contribution is 2.42. The molecule has 92 valence electrons. The highest BCUT2D eigenvalue weighted by Gasteiger charge is 2.43. The average Bonchev–Trinajstić information content (AvgIpc) is 3.19. The van der Waals surface area contributed by atoms with Crippen molar-refractivity contribution in [3.8, 4) is 0 Å². The van der Waals surface area contributed by atoms with Crippen molar-refractivity contribution in [3.05, 3.63) is 35.9 Å². The molecule has 1 saturated heterocycles. The van der Waals surface area contributed by atoms with Crippen molar-refractivity contribution in [2.75, 3.05) is 19.6 Å². The molecule has 1 N–H and O–H groups in total. The lowest BCUT2D eigenvalue weighted by Crippen LogP contribution is -2.47. The molecule has 3 atom stereocenters. The summed E-state index contributed by atoms with van der Waals surface area (Å²) in [6, 6.07) is 12.4. The van der Waals surface area contributed by atoms with E-state index in [1.54, 1.807) is 0 Å². The number of piperazine rings is 1. The molecule has 17 heavy (non-hydrogen) atoms. The molecule has 1 aliphatic heterocycles. The Kier molecular flexibility index (Phi) is 3.17. The summed E-state index contributed by atoms with van der Waals surface area (Å²) in [5.41, 5.74) is 1.47. The van der Waals surface area contributed by atoms with Crippen LogP contribution in [0.15, 0.2) is 30.3 Å². The third-order valence-corrected chi connectivity index (χ3v) is 4.30. The smallest absolute Gasteiger partial charge is 0.0476 e. The molecule has 0 radical (unpaired) electrons. The number of nitrogens with zero attached hydrogens (tertiary/aromatic N) is 1. The zero-order valence-electron chi connectivity index (χ0n) is 10.6. The summed E-state index contributed by atoms with van der Waals surface area (Å²) in [6.45, 7) is 5.79. The highest BCUT2D eigenvalue weighted by molar-refractivity contribution is 5.21. The first-order chi connectivity index (χ1) is 8.40. The number of hydrogen-bond donors (Lipinski definition) is 1. The fraction of sp³-hybridized carbons (Fsp3) is 0.600. The van der Waals surface area contributed by atoms with Crippen molar-refractivity contribution in [2.45, 2.75) is 31.8 Å². The standard InChI is InChI=1S/C15H22N2/c1-2-12-10-14(12)17-9-8-16-11-15(17)13-6-4-3-5-7-13/h3-7,12,14-16H,2,8-11H2,1H3. The summed E-state index contributed by atoms with van der Waals surface area (Å²) < 4.78 is 0. The molecule has 0 aromatic heterocycles. The van der Waals surface area contributed by atoms with E-state index >= 15 is 0 Å². The fourth-order valence-electron chi connectivity index (χ4n) is 3.18. The molecule has 1 aromatic rings. The van der Waals surface area contributed by atoms with Crippen molar-refractivity contribution in [2.24, 2.45) is 5.92 Å². The third-order valence-electron chi connectivity index (χ3n) is 4.30. The quantitative estimate of drug-likeness (QED) is 0.858. The van der Waals surface area contributed by atoms with Gasteiger partial charge in [-0.1, -0.05) is 43.7 Å². The van der Waals surface area contributed by atoms with Gasteiger partial charge < -0.3 is 5.32 Å². The second-order valence-corrected chi connectivity index (χ2v) is 5.34. The van der Waals surface area contributed by atoms with Crippen LogP contribution < -0.4 is 5.32 Å². The minimum Gasteiger partial charge on any atom is -0.314 e. The second kappa shape index (κ2) is 4.79. The number of rotatable bonds is 3. The SMILES string of the molecule is CCC1CC1N1CCNCC1c1ccccc1. The lowest BCUT2D eigenvalue weighted by atomic mass is 10.0. The molecule has 2 aliphatic rings. The maximum atomic E-state index is 3.54. The molecule has 1 aromatic carbocycles. The van der Waals surface area contributed by atoms with E-state index in [-0.39, 0.29) is 0 Å². The maximum Gasteiger partial charge on any atom is 0.0476 e. The lowest BCUT2D eigenvalue weighted by Gasteiger charge is -2.37. The van der Waals surface area contributed by atoms with Gasteiger partial charge in [-0.2, -0.15) is 0 Å². The number of benzene rings is 1. The van der Waals surface area contributed by atoms with Crippen LogP contribution in [0.2, 0.25) is 0 Å². The van der Waals surface area contributed by atoms with Crippen molar-refractivity contribution < 1.29 is 0 Å². The number of hydrogen-bond acceptors (Lipinski definition) is 2. The molecular formula is C15H22N2. The molecule has 0 bridgehead atoms. The summed E-state index contributed by atoms with van der Waals surface area (Å²) in [7, 11) is 0. The summed E-state index contributed by atoms with van der Waals surface area (Å²) >= 11 is 0. The Bertz CT molecular complexity index is 362. The highest BCUT2D eigenvalue weighted by atomic mass is 15.3. The van der Waals surface area contributed by atoms with Gasteiger partial charge in [0.25, 0.3) is 0 Å². The molecule has 2 nitrogen and oxygen atoms in total. The van der Waals surface area contributed by atoms with Crippen LogP contribution in [0.3, 0.4) is 0 Å². The molecule has 1 heterocycles. The van der Waals surface area contributed by atoms with E-state index in [2.05, 4.69) is 47.5 Å². The first-order valence-electron chi connectivity index (χ1n) is 6.91. The van der Waals surface area contributed by atoms with Gasteiger partial charge >= 0.3 is 0 Å². The number of nitrogens with one attached hydrogen (secondary N) is 1. The first kappa shape index (κ1) is 11.2. The minimum atomic E-state index is 0.589. The van der Waals surface area contributed by atoms with Crippen molar-refractivity contribution in [1.29, 1.82) is 0 Å². The van der Waals surface area contributed by atoms with Gasteiger partial charge in [-0.3, -0.25) is 4.90 Å². The molecule has 3 unspecified atom stereocenters. The predicted molar refractivity (Wildman–Crippen MR) is 70.9 cm³/mol. The van der Waals surface area contributed by atoms with Crippen LogP contribution in [0.1, 0.15) is 31.4 Å². The Morgan fingerprint density at radius 3 is 2.82 bits per heavy atom. The Hall–Kier alpha value is -0.860. The molecule has 1 saturated carbocycles. The van der Waals surface area contributed by atoms with Gasteiger partial charge in [-0.15, -0.1) is 0 Å². The monoisotopic (exact) mass is 230 g/mol. The summed E-state index contributed by atoms with van der Waals surface area (Å²) in [5, 5.41) is 3.54. The molecule has 0 amide bonds. The predicted octanol–water partition coefficient (Wildman–Crippen LogP) is 2.43. The van der Waals surface area contributed by atoms with E-state index in [9.17, 15) is 0 Å². The molecule has 3 rings (SSSR count). The Morgan fingerprint density at radius 2 is 2.12 bits per heavy atom. The van der Waals surface area contributed by atoms with Crippen LogP contribution >= 0.6 is 0 Å². The average molecular weight is 230 g/mol. The van der Waals surface area contributed by atoms with Crippen LogP contribution in [0, 0.1) is 5.92 Å².